The van der Waals surface area contributed by atoms with Crippen molar-refractivity contribution >= 4 is 23.3 Å². The van der Waals surface area contributed by atoms with E-state index in [1.54, 1.807) is 12.1 Å². The largest absolute Gasteiger partial charge is 0.506 e. The van der Waals surface area contributed by atoms with Crippen molar-refractivity contribution in [3.05, 3.63) is 23.2 Å². The summed E-state index contributed by atoms with van der Waals surface area (Å²) in [6, 6.07) is 4.33. The molecule has 0 aliphatic rings. The summed E-state index contributed by atoms with van der Waals surface area (Å²) in [5.74, 6) is -0.0286. The van der Waals surface area contributed by atoms with Crippen LogP contribution < -0.4 is 10.6 Å². The summed E-state index contributed by atoms with van der Waals surface area (Å²) in [7, 11) is 0. The summed E-state index contributed by atoms with van der Waals surface area (Å²) >= 11 is 5.77. The van der Waals surface area contributed by atoms with Crippen molar-refractivity contribution in [1.82, 2.24) is 5.32 Å². The average Bonchev–Trinajstić information content (AvgIpc) is 2.67. The molecule has 0 radical (unpaired) electrons. The zero-order valence-electron chi connectivity index (χ0n) is 17.6. The number of rotatable bonds is 16. The number of aromatic hydroxyl groups is 1. The van der Waals surface area contributed by atoms with Crippen LogP contribution in [0.5, 0.6) is 5.75 Å². The highest BCUT2D eigenvalue weighted by Gasteiger charge is 2.06. The fourth-order valence-corrected chi connectivity index (χ4v) is 3.46. The first-order valence-corrected chi connectivity index (χ1v) is 11.5. The van der Waals surface area contributed by atoms with Crippen molar-refractivity contribution in [3.8, 4) is 5.75 Å². The van der Waals surface area contributed by atoms with Crippen molar-refractivity contribution in [1.29, 1.82) is 0 Å². The van der Waals surface area contributed by atoms with Gasteiger partial charge in [0.2, 0.25) is 0 Å². The van der Waals surface area contributed by atoms with Gasteiger partial charge < -0.3 is 15.7 Å². The number of unbranched alkanes of at least 4 members (excludes halogenated alkanes) is 13. The molecular formula is C23H39ClN2O2. The Morgan fingerprint density at radius 3 is 1.86 bits per heavy atom. The van der Waals surface area contributed by atoms with Crippen molar-refractivity contribution in [2.24, 2.45) is 0 Å². The monoisotopic (exact) mass is 410 g/mol. The average molecular weight is 411 g/mol. The molecule has 0 saturated carbocycles. The lowest BCUT2D eigenvalue weighted by Gasteiger charge is -2.09. The molecule has 0 saturated heterocycles. The number of benzene rings is 1. The molecular weight excluding hydrogens is 372 g/mol. The van der Waals surface area contributed by atoms with Gasteiger partial charge in [-0.25, -0.2) is 4.79 Å². The minimum Gasteiger partial charge on any atom is -0.506 e. The highest BCUT2D eigenvalue weighted by Crippen LogP contribution is 2.26. The second-order valence-corrected chi connectivity index (χ2v) is 8.08. The van der Waals surface area contributed by atoms with Crippen LogP contribution in [-0.4, -0.2) is 17.7 Å². The van der Waals surface area contributed by atoms with E-state index in [-0.39, 0.29) is 11.8 Å². The maximum atomic E-state index is 11.8. The van der Waals surface area contributed by atoms with E-state index in [9.17, 15) is 9.90 Å². The predicted molar refractivity (Wildman–Crippen MR) is 120 cm³/mol. The van der Waals surface area contributed by atoms with Crippen LogP contribution in [0.3, 0.4) is 0 Å². The molecule has 4 nitrogen and oxygen atoms in total. The lowest BCUT2D eigenvalue weighted by molar-refractivity contribution is 0.251. The molecule has 3 N–H and O–H groups in total. The lowest BCUT2D eigenvalue weighted by Crippen LogP contribution is -2.29. The van der Waals surface area contributed by atoms with Gasteiger partial charge in [0.25, 0.3) is 0 Å². The number of nitrogens with one attached hydrogen (secondary N) is 2. The molecule has 0 atom stereocenters. The number of carbonyl (C=O) groups excluding carboxylic acids is 1. The Labute approximate surface area is 176 Å². The third kappa shape index (κ3) is 12.9. The van der Waals surface area contributed by atoms with E-state index >= 15 is 0 Å². The maximum absolute atomic E-state index is 11.8. The molecule has 0 spiro atoms. The van der Waals surface area contributed by atoms with Crippen LogP contribution in [0, 0.1) is 0 Å². The molecule has 0 fully saturated rings. The third-order valence-corrected chi connectivity index (χ3v) is 5.26. The number of anilines is 1. The molecule has 28 heavy (non-hydrogen) atoms. The minimum absolute atomic E-state index is 0.0286. The molecule has 0 aliphatic heterocycles. The molecule has 2 amide bonds. The second-order valence-electron chi connectivity index (χ2n) is 7.64. The van der Waals surface area contributed by atoms with E-state index in [0.29, 0.717) is 17.3 Å². The van der Waals surface area contributed by atoms with Crippen LogP contribution in [0.2, 0.25) is 5.02 Å². The maximum Gasteiger partial charge on any atom is 0.319 e. The fourth-order valence-electron chi connectivity index (χ4n) is 3.30. The number of phenols is 1. The number of hydrogen-bond acceptors (Lipinski definition) is 2. The van der Waals surface area contributed by atoms with Gasteiger partial charge in [-0.3, -0.25) is 0 Å². The topological polar surface area (TPSA) is 61.4 Å². The first-order chi connectivity index (χ1) is 13.6. The molecule has 5 heteroatoms. The summed E-state index contributed by atoms with van der Waals surface area (Å²) in [4.78, 5) is 11.8. The Morgan fingerprint density at radius 2 is 1.36 bits per heavy atom. The highest BCUT2D eigenvalue weighted by molar-refractivity contribution is 6.30. The Hall–Kier alpha value is -1.42. The predicted octanol–water partition coefficient (Wildman–Crippen LogP) is 7.65. The minimum atomic E-state index is -0.299. The van der Waals surface area contributed by atoms with Gasteiger partial charge in [-0.15, -0.1) is 0 Å². The van der Waals surface area contributed by atoms with E-state index in [1.165, 1.54) is 83.1 Å². The molecule has 160 valence electrons. The summed E-state index contributed by atoms with van der Waals surface area (Å²) < 4.78 is 0. The Morgan fingerprint density at radius 1 is 0.857 bits per heavy atom. The second kappa shape index (κ2) is 16.5. The van der Waals surface area contributed by atoms with Gasteiger partial charge in [0, 0.05) is 17.6 Å². The Balaban J connectivity index is 1.86. The van der Waals surface area contributed by atoms with Crippen molar-refractivity contribution < 1.29 is 9.90 Å². The van der Waals surface area contributed by atoms with Gasteiger partial charge in [0.05, 0.1) is 5.69 Å². The van der Waals surface area contributed by atoms with Crippen LogP contribution in [0.1, 0.15) is 96.8 Å². The summed E-state index contributed by atoms with van der Waals surface area (Å²) in [6.07, 6.45) is 18.5. The van der Waals surface area contributed by atoms with Gasteiger partial charge in [0.1, 0.15) is 5.75 Å². The third-order valence-electron chi connectivity index (χ3n) is 5.02. The highest BCUT2D eigenvalue weighted by atomic mass is 35.5. The smallest absolute Gasteiger partial charge is 0.319 e. The van der Waals surface area contributed by atoms with Crippen LogP contribution >= 0.6 is 11.6 Å². The molecule has 1 rings (SSSR count). The first kappa shape index (κ1) is 24.6. The number of amides is 2. The van der Waals surface area contributed by atoms with Crippen LogP contribution in [0.15, 0.2) is 18.2 Å². The normalized spacial score (nSPS) is 10.8. The van der Waals surface area contributed by atoms with Gasteiger partial charge in [-0.05, 0) is 18.6 Å². The van der Waals surface area contributed by atoms with E-state index < -0.39 is 0 Å². The number of halogens is 1. The zero-order chi connectivity index (χ0) is 20.5. The van der Waals surface area contributed by atoms with E-state index in [4.69, 9.17) is 11.6 Å². The molecule has 1 aromatic rings. The van der Waals surface area contributed by atoms with Gasteiger partial charge in [0.15, 0.2) is 0 Å². The number of carbonyl (C=O) groups is 1. The zero-order valence-corrected chi connectivity index (χ0v) is 18.3. The number of phenolic OH excluding ortho intramolecular Hbond substituents is 1. The van der Waals surface area contributed by atoms with Crippen LogP contribution in [0.25, 0.3) is 0 Å². The number of urea groups is 1. The fraction of sp³-hybridized carbons (Fsp3) is 0.696. The Bertz CT molecular complexity index is 537. The first-order valence-electron chi connectivity index (χ1n) is 11.2. The molecule has 0 heterocycles. The van der Waals surface area contributed by atoms with Crippen molar-refractivity contribution in [2.45, 2.75) is 96.8 Å². The number of hydrogen-bond donors (Lipinski definition) is 3. The van der Waals surface area contributed by atoms with Gasteiger partial charge in [-0.1, -0.05) is 102 Å². The van der Waals surface area contributed by atoms with Crippen LogP contribution in [-0.2, 0) is 0 Å². The summed E-state index contributed by atoms with van der Waals surface area (Å²) in [6.45, 7) is 2.92. The van der Waals surface area contributed by atoms with Gasteiger partial charge >= 0.3 is 6.03 Å². The van der Waals surface area contributed by atoms with Crippen molar-refractivity contribution in [3.63, 3.8) is 0 Å². The standard InChI is InChI=1S/C23H39ClN2O2/c1-2-3-4-5-6-7-8-9-10-11-12-13-14-15-18-25-23(28)26-21-17-16-20(24)19-22(21)27/h16-17,19,27H,2-15,18H2,1H3,(H2,25,26,28). The lowest BCUT2D eigenvalue weighted by atomic mass is 10.0. The van der Waals surface area contributed by atoms with Crippen molar-refractivity contribution in [2.75, 3.05) is 11.9 Å². The van der Waals surface area contributed by atoms with E-state index in [1.807, 2.05) is 0 Å². The van der Waals surface area contributed by atoms with E-state index in [0.717, 1.165) is 12.8 Å². The quantitative estimate of drug-likeness (QED) is 0.193. The summed E-state index contributed by atoms with van der Waals surface area (Å²) in [5.41, 5.74) is 0.364. The molecule has 0 bridgehead atoms. The van der Waals surface area contributed by atoms with E-state index in [2.05, 4.69) is 17.6 Å². The molecule has 0 aliphatic carbocycles. The Kier molecular flexibility index (Phi) is 14.5. The molecule has 1 aromatic carbocycles. The SMILES string of the molecule is CCCCCCCCCCCCCCCCNC(=O)Nc1ccc(Cl)cc1O. The summed E-state index contributed by atoms with van der Waals surface area (Å²) in [5, 5.41) is 15.6. The van der Waals surface area contributed by atoms with Crippen LogP contribution in [0.4, 0.5) is 10.5 Å². The molecule has 0 unspecified atom stereocenters. The molecule has 0 aromatic heterocycles. The van der Waals surface area contributed by atoms with Gasteiger partial charge in [-0.2, -0.15) is 0 Å².